The molecule has 148 valence electrons. The number of hydrogen-bond acceptors (Lipinski definition) is 3. The molecule has 3 rings (SSSR count). The van der Waals surface area contributed by atoms with Gasteiger partial charge in [0.2, 0.25) is 0 Å². The van der Waals surface area contributed by atoms with Crippen LogP contribution in [0.3, 0.4) is 0 Å². The van der Waals surface area contributed by atoms with Crippen molar-refractivity contribution in [2.45, 2.75) is 11.8 Å². The molecule has 0 atom stereocenters. The van der Waals surface area contributed by atoms with Crippen LogP contribution in [-0.2, 0) is 10.0 Å². The van der Waals surface area contributed by atoms with Crippen molar-refractivity contribution in [2.24, 2.45) is 4.40 Å². The Morgan fingerprint density at radius 2 is 1.55 bits per heavy atom. The fourth-order valence-electron chi connectivity index (χ4n) is 2.43. The zero-order valence-electron chi connectivity index (χ0n) is 15.5. The highest BCUT2D eigenvalue weighted by molar-refractivity contribution is 14.1. The molecule has 0 radical (unpaired) electrons. The molecule has 0 aromatic heterocycles. The van der Waals surface area contributed by atoms with E-state index in [1.165, 1.54) is 0 Å². The molecule has 0 saturated carbocycles. The first kappa shape index (κ1) is 21.4. The largest absolute Gasteiger partial charge is 0.332 e. The van der Waals surface area contributed by atoms with Gasteiger partial charge in [-0.15, -0.1) is 4.40 Å². The number of rotatable bonds is 4. The normalized spacial score (nSPS) is 11.7. The molecule has 0 aliphatic rings. The van der Waals surface area contributed by atoms with Gasteiger partial charge >= 0.3 is 0 Å². The van der Waals surface area contributed by atoms with Gasteiger partial charge in [-0.25, -0.2) is 0 Å². The molecule has 0 aliphatic heterocycles. The molecule has 5 nitrogen and oxygen atoms in total. The number of thiocarbonyl (C=S) groups is 1. The molecule has 8 heteroatoms. The van der Waals surface area contributed by atoms with Gasteiger partial charge in [-0.1, -0.05) is 48.0 Å². The number of sulfonamides is 1. The van der Waals surface area contributed by atoms with E-state index in [0.717, 1.165) is 14.8 Å². The maximum absolute atomic E-state index is 12.8. The maximum Gasteiger partial charge on any atom is 0.284 e. The lowest BCUT2D eigenvalue weighted by Crippen LogP contribution is -2.35. The zero-order valence-corrected chi connectivity index (χ0v) is 19.3. The van der Waals surface area contributed by atoms with E-state index < -0.39 is 10.0 Å². The van der Waals surface area contributed by atoms with E-state index in [4.69, 9.17) is 12.2 Å². The van der Waals surface area contributed by atoms with Crippen LogP contribution < -0.4 is 10.6 Å². The Balaban J connectivity index is 1.90. The number of aryl methyl sites for hydroxylation is 1. The fourth-order valence-corrected chi connectivity index (χ4v) is 3.98. The van der Waals surface area contributed by atoms with Crippen molar-refractivity contribution in [1.82, 2.24) is 5.32 Å². The third-order valence-corrected chi connectivity index (χ3v) is 6.13. The van der Waals surface area contributed by atoms with Crippen molar-refractivity contribution < 1.29 is 8.42 Å². The Hall–Kier alpha value is -2.30. The molecule has 0 unspecified atom stereocenters. The Labute approximate surface area is 189 Å². The van der Waals surface area contributed by atoms with E-state index in [9.17, 15) is 8.42 Å². The first-order valence-corrected chi connectivity index (χ1v) is 11.6. The van der Waals surface area contributed by atoms with Crippen LogP contribution in [0.25, 0.3) is 0 Å². The van der Waals surface area contributed by atoms with Crippen molar-refractivity contribution in [1.29, 1.82) is 0 Å². The van der Waals surface area contributed by atoms with Gasteiger partial charge in [-0.2, -0.15) is 8.42 Å². The summed E-state index contributed by atoms with van der Waals surface area (Å²) >= 11 is 7.59. The topological polar surface area (TPSA) is 70.6 Å². The quantitative estimate of drug-likeness (QED) is 0.219. The highest BCUT2D eigenvalue weighted by atomic mass is 127. The summed E-state index contributed by atoms with van der Waals surface area (Å²) in [5, 5.41) is 6.21. The number of anilines is 1. The molecule has 0 bridgehead atoms. The van der Waals surface area contributed by atoms with Gasteiger partial charge in [0.05, 0.1) is 4.90 Å². The number of halogens is 1. The summed E-state index contributed by atoms with van der Waals surface area (Å²) in [5.41, 5.74) is 2.36. The molecule has 29 heavy (non-hydrogen) atoms. The Kier molecular flexibility index (Phi) is 6.99. The van der Waals surface area contributed by atoms with E-state index in [1.807, 2.05) is 37.3 Å². The highest BCUT2D eigenvalue weighted by Crippen LogP contribution is 2.15. The van der Waals surface area contributed by atoms with Crippen LogP contribution in [0.2, 0.25) is 0 Å². The molecule has 0 spiro atoms. The first-order valence-electron chi connectivity index (χ1n) is 8.64. The van der Waals surface area contributed by atoms with E-state index in [1.54, 1.807) is 48.5 Å². The van der Waals surface area contributed by atoms with Crippen LogP contribution in [0, 0.1) is 10.5 Å². The minimum atomic E-state index is -3.91. The minimum absolute atomic E-state index is 0.120. The lowest BCUT2D eigenvalue weighted by Gasteiger charge is -2.13. The second-order valence-electron chi connectivity index (χ2n) is 6.18. The molecule has 0 saturated heterocycles. The van der Waals surface area contributed by atoms with Crippen LogP contribution in [0.5, 0.6) is 0 Å². The van der Waals surface area contributed by atoms with Crippen LogP contribution in [-0.4, -0.2) is 19.4 Å². The van der Waals surface area contributed by atoms with Crippen molar-refractivity contribution in [2.75, 3.05) is 5.32 Å². The van der Waals surface area contributed by atoms with Gasteiger partial charge in [-0.05, 0) is 78.1 Å². The monoisotopic (exact) mass is 535 g/mol. The van der Waals surface area contributed by atoms with Crippen LogP contribution >= 0.6 is 34.8 Å². The summed E-state index contributed by atoms with van der Waals surface area (Å²) in [6.07, 6.45) is 0. The zero-order chi connectivity index (χ0) is 20.9. The van der Waals surface area contributed by atoms with Crippen molar-refractivity contribution >= 4 is 61.5 Å². The molecule has 0 aliphatic carbocycles. The lowest BCUT2D eigenvalue weighted by molar-refractivity contribution is 0.598. The van der Waals surface area contributed by atoms with Crippen LogP contribution in [0.15, 0.2) is 88.2 Å². The smallest absolute Gasteiger partial charge is 0.284 e. The highest BCUT2D eigenvalue weighted by Gasteiger charge is 2.16. The average Bonchev–Trinajstić information content (AvgIpc) is 2.70. The van der Waals surface area contributed by atoms with Crippen LogP contribution in [0.4, 0.5) is 5.69 Å². The third-order valence-electron chi connectivity index (χ3n) is 3.91. The number of nitrogens with one attached hydrogen (secondary N) is 2. The molecule has 2 N–H and O–H groups in total. The van der Waals surface area contributed by atoms with Gasteiger partial charge in [0.25, 0.3) is 10.0 Å². The summed E-state index contributed by atoms with van der Waals surface area (Å²) in [5.74, 6) is 0.147. The molecule has 0 fully saturated rings. The molecule has 3 aromatic rings. The summed E-state index contributed by atoms with van der Waals surface area (Å²) in [6.45, 7) is 1.89. The Morgan fingerprint density at radius 3 is 2.17 bits per heavy atom. The first-order chi connectivity index (χ1) is 13.8. The van der Waals surface area contributed by atoms with E-state index >= 15 is 0 Å². The number of hydrogen-bond donors (Lipinski definition) is 2. The second-order valence-corrected chi connectivity index (χ2v) is 9.44. The molecular weight excluding hydrogens is 517 g/mol. The summed E-state index contributed by atoms with van der Waals surface area (Å²) in [6, 6.07) is 23.2. The van der Waals surface area contributed by atoms with Crippen LogP contribution in [0.1, 0.15) is 11.1 Å². The standard InChI is InChI=1S/C21H18IN3O2S2/c1-15-7-13-19(14-8-15)29(26,27)25-20(16-5-3-2-4-6-16)24-21(28)23-18-11-9-17(22)10-12-18/h2-14H,1H3,(H2,23,24,25,28). The van der Waals surface area contributed by atoms with E-state index in [-0.39, 0.29) is 15.8 Å². The van der Waals surface area contributed by atoms with E-state index in [0.29, 0.717) is 5.56 Å². The van der Waals surface area contributed by atoms with Gasteiger partial charge in [0, 0.05) is 14.8 Å². The third kappa shape index (κ3) is 6.09. The fraction of sp³-hybridized carbons (Fsp3) is 0.0476. The van der Waals surface area contributed by atoms with Crippen molar-refractivity contribution in [3.8, 4) is 0 Å². The number of benzene rings is 3. The number of amidine groups is 1. The summed E-state index contributed by atoms with van der Waals surface area (Å²) < 4.78 is 30.7. The lowest BCUT2D eigenvalue weighted by atomic mass is 10.2. The second kappa shape index (κ2) is 9.47. The van der Waals surface area contributed by atoms with Gasteiger partial charge < -0.3 is 10.6 Å². The minimum Gasteiger partial charge on any atom is -0.332 e. The SMILES string of the molecule is Cc1ccc(S(=O)(=O)N=C(NC(=S)Nc2ccc(I)cc2)c2ccccc2)cc1. The molecule has 3 aromatic carbocycles. The van der Waals surface area contributed by atoms with Gasteiger partial charge in [-0.3, -0.25) is 0 Å². The molecular formula is C21H18IN3O2S2. The summed E-state index contributed by atoms with van der Waals surface area (Å²) in [4.78, 5) is 0.120. The molecule has 0 amide bonds. The average molecular weight is 535 g/mol. The van der Waals surface area contributed by atoms with Crippen molar-refractivity contribution in [3.63, 3.8) is 0 Å². The number of nitrogens with zero attached hydrogens (tertiary/aromatic N) is 1. The van der Waals surface area contributed by atoms with E-state index in [2.05, 4.69) is 37.6 Å². The maximum atomic E-state index is 12.8. The van der Waals surface area contributed by atoms with Gasteiger partial charge in [0.1, 0.15) is 0 Å². The Morgan fingerprint density at radius 1 is 0.931 bits per heavy atom. The predicted molar refractivity (Wildman–Crippen MR) is 130 cm³/mol. The predicted octanol–water partition coefficient (Wildman–Crippen LogP) is 4.72. The summed E-state index contributed by atoms with van der Waals surface area (Å²) in [7, 11) is -3.91. The van der Waals surface area contributed by atoms with Crippen molar-refractivity contribution in [3.05, 3.63) is 93.6 Å². The molecule has 0 heterocycles. The Bertz CT molecular complexity index is 1130. The van der Waals surface area contributed by atoms with Gasteiger partial charge in [0.15, 0.2) is 10.9 Å².